The molecule has 1 heterocycles. The van der Waals surface area contributed by atoms with Crippen LogP contribution in [0.3, 0.4) is 0 Å². The standard InChI is InChI=1S/C17H22BrN3O2S2.HI/c1-4-19-17(21-10-15-8-14(18)11-24-15)20-9-13-5-6-16(12(2)7-13)25(3,22)23;/h5-8,11H,4,9-10H2,1-3H3,(H2,19,20,21);1H. The minimum Gasteiger partial charge on any atom is -0.357 e. The van der Waals surface area contributed by atoms with Crippen LogP contribution in [0.4, 0.5) is 0 Å². The molecule has 0 aliphatic heterocycles. The normalized spacial score (nSPS) is 11.8. The number of aliphatic imine (C=N–C) groups is 1. The predicted octanol–water partition coefficient (Wildman–Crippen LogP) is 4.10. The van der Waals surface area contributed by atoms with Crippen molar-refractivity contribution in [2.75, 3.05) is 12.8 Å². The van der Waals surface area contributed by atoms with Crippen molar-refractivity contribution < 1.29 is 8.42 Å². The number of nitrogens with one attached hydrogen (secondary N) is 2. The summed E-state index contributed by atoms with van der Waals surface area (Å²) in [6.45, 7) is 5.78. The number of thiophene rings is 1. The molecular formula is C17H23BrIN3O2S2. The Bertz CT molecular complexity index is 867. The van der Waals surface area contributed by atoms with Crippen LogP contribution >= 0.6 is 51.2 Å². The van der Waals surface area contributed by atoms with Crippen LogP contribution in [-0.2, 0) is 22.9 Å². The number of rotatable bonds is 6. The van der Waals surface area contributed by atoms with Crippen LogP contribution in [0, 0.1) is 6.92 Å². The number of nitrogens with zero attached hydrogens (tertiary/aromatic N) is 1. The summed E-state index contributed by atoms with van der Waals surface area (Å²) in [5.74, 6) is 0.733. The Kier molecular flexibility index (Phi) is 9.56. The molecule has 26 heavy (non-hydrogen) atoms. The largest absolute Gasteiger partial charge is 0.357 e. The minimum atomic E-state index is -3.19. The molecule has 0 amide bonds. The van der Waals surface area contributed by atoms with Crippen molar-refractivity contribution in [1.82, 2.24) is 10.6 Å². The number of hydrogen-bond donors (Lipinski definition) is 2. The number of aryl methyl sites for hydroxylation is 1. The van der Waals surface area contributed by atoms with E-state index in [0.717, 1.165) is 28.1 Å². The quantitative estimate of drug-likeness (QED) is 0.311. The lowest BCUT2D eigenvalue weighted by Gasteiger charge is -2.11. The van der Waals surface area contributed by atoms with Gasteiger partial charge < -0.3 is 10.6 Å². The van der Waals surface area contributed by atoms with E-state index in [9.17, 15) is 8.42 Å². The van der Waals surface area contributed by atoms with E-state index in [0.29, 0.717) is 18.0 Å². The molecule has 1 aromatic heterocycles. The van der Waals surface area contributed by atoms with E-state index < -0.39 is 9.84 Å². The van der Waals surface area contributed by atoms with Gasteiger partial charge in [-0.25, -0.2) is 13.4 Å². The SMILES string of the molecule is CCNC(=NCc1ccc(S(C)(=O)=O)c(C)c1)NCc1cc(Br)cs1.I. The molecule has 0 spiro atoms. The van der Waals surface area contributed by atoms with Crippen LogP contribution < -0.4 is 10.6 Å². The molecule has 0 radical (unpaired) electrons. The smallest absolute Gasteiger partial charge is 0.191 e. The number of benzene rings is 1. The molecule has 0 saturated heterocycles. The molecule has 5 nitrogen and oxygen atoms in total. The van der Waals surface area contributed by atoms with E-state index in [1.165, 1.54) is 11.1 Å². The highest BCUT2D eigenvalue weighted by atomic mass is 127. The van der Waals surface area contributed by atoms with Gasteiger partial charge in [0, 0.05) is 27.5 Å². The van der Waals surface area contributed by atoms with E-state index in [1.54, 1.807) is 17.4 Å². The Morgan fingerprint density at radius 2 is 2.00 bits per heavy atom. The van der Waals surface area contributed by atoms with Gasteiger partial charge in [-0.1, -0.05) is 12.1 Å². The van der Waals surface area contributed by atoms with Gasteiger partial charge in [0.25, 0.3) is 0 Å². The Balaban J connectivity index is 0.00000338. The first-order valence-electron chi connectivity index (χ1n) is 7.84. The number of hydrogen-bond acceptors (Lipinski definition) is 4. The molecular weight excluding hydrogens is 549 g/mol. The highest BCUT2D eigenvalue weighted by Crippen LogP contribution is 2.19. The molecule has 0 fully saturated rings. The lowest BCUT2D eigenvalue weighted by molar-refractivity contribution is 0.601. The summed E-state index contributed by atoms with van der Waals surface area (Å²) in [4.78, 5) is 6.16. The predicted molar refractivity (Wildman–Crippen MR) is 123 cm³/mol. The Morgan fingerprint density at radius 1 is 1.27 bits per heavy atom. The van der Waals surface area contributed by atoms with Crippen molar-refractivity contribution in [3.8, 4) is 0 Å². The molecule has 9 heteroatoms. The fourth-order valence-electron chi connectivity index (χ4n) is 2.36. The summed E-state index contributed by atoms with van der Waals surface area (Å²) in [6.07, 6.45) is 1.23. The molecule has 0 atom stereocenters. The van der Waals surface area contributed by atoms with E-state index in [1.807, 2.05) is 31.4 Å². The van der Waals surface area contributed by atoms with Gasteiger partial charge in [0.1, 0.15) is 0 Å². The summed E-state index contributed by atoms with van der Waals surface area (Å²) in [6, 6.07) is 7.42. The maximum atomic E-state index is 11.7. The Labute approximate surface area is 184 Å². The highest BCUT2D eigenvalue weighted by molar-refractivity contribution is 14.0. The van der Waals surface area contributed by atoms with Gasteiger partial charge in [-0.2, -0.15) is 0 Å². The topological polar surface area (TPSA) is 70.6 Å². The van der Waals surface area contributed by atoms with Gasteiger partial charge >= 0.3 is 0 Å². The molecule has 0 unspecified atom stereocenters. The zero-order valence-electron chi connectivity index (χ0n) is 14.9. The molecule has 0 aliphatic carbocycles. The monoisotopic (exact) mass is 571 g/mol. The molecule has 2 N–H and O–H groups in total. The Hall–Kier alpha value is -0.650. The molecule has 2 aromatic rings. The fraction of sp³-hybridized carbons (Fsp3) is 0.353. The van der Waals surface area contributed by atoms with Crippen molar-refractivity contribution in [2.45, 2.75) is 31.8 Å². The summed E-state index contributed by atoms with van der Waals surface area (Å²) in [5.41, 5.74) is 1.72. The highest BCUT2D eigenvalue weighted by Gasteiger charge is 2.10. The Morgan fingerprint density at radius 3 is 2.54 bits per heavy atom. The van der Waals surface area contributed by atoms with Gasteiger partial charge in [-0.05, 0) is 53.0 Å². The van der Waals surface area contributed by atoms with Crippen LogP contribution in [0.1, 0.15) is 22.9 Å². The van der Waals surface area contributed by atoms with Crippen molar-refractivity contribution in [3.63, 3.8) is 0 Å². The van der Waals surface area contributed by atoms with E-state index >= 15 is 0 Å². The first-order chi connectivity index (χ1) is 11.8. The molecule has 0 bridgehead atoms. The minimum absolute atomic E-state index is 0. The summed E-state index contributed by atoms with van der Waals surface area (Å²) in [7, 11) is -3.19. The van der Waals surface area contributed by atoms with Crippen molar-refractivity contribution >= 4 is 67.0 Å². The third kappa shape index (κ3) is 7.16. The molecule has 144 valence electrons. The fourth-order valence-corrected chi connectivity index (χ4v) is 4.71. The van der Waals surface area contributed by atoms with Crippen LogP contribution in [-0.4, -0.2) is 27.2 Å². The second kappa shape index (κ2) is 10.6. The van der Waals surface area contributed by atoms with Crippen molar-refractivity contribution in [1.29, 1.82) is 0 Å². The zero-order chi connectivity index (χ0) is 18.4. The first-order valence-corrected chi connectivity index (χ1v) is 11.4. The van der Waals surface area contributed by atoms with E-state index in [2.05, 4.69) is 37.6 Å². The van der Waals surface area contributed by atoms with Crippen LogP contribution in [0.2, 0.25) is 0 Å². The second-order valence-electron chi connectivity index (χ2n) is 5.65. The van der Waals surface area contributed by atoms with Gasteiger partial charge in [-0.3, -0.25) is 0 Å². The first kappa shape index (κ1) is 23.4. The summed E-state index contributed by atoms with van der Waals surface area (Å²) < 4.78 is 24.5. The zero-order valence-corrected chi connectivity index (χ0v) is 20.4. The second-order valence-corrected chi connectivity index (χ2v) is 9.55. The summed E-state index contributed by atoms with van der Waals surface area (Å²) >= 11 is 5.13. The van der Waals surface area contributed by atoms with Gasteiger partial charge in [-0.15, -0.1) is 35.3 Å². The van der Waals surface area contributed by atoms with E-state index in [4.69, 9.17) is 0 Å². The lowest BCUT2D eigenvalue weighted by atomic mass is 10.1. The van der Waals surface area contributed by atoms with Crippen molar-refractivity contribution in [2.24, 2.45) is 4.99 Å². The van der Waals surface area contributed by atoms with Crippen molar-refractivity contribution in [3.05, 3.63) is 50.1 Å². The van der Waals surface area contributed by atoms with Crippen LogP contribution in [0.5, 0.6) is 0 Å². The van der Waals surface area contributed by atoms with Gasteiger partial charge in [0.05, 0.1) is 18.0 Å². The average Bonchev–Trinajstić information content (AvgIpc) is 2.94. The average molecular weight is 572 g/mol. The van der Waals surface area contributed by atoms with Gasteiger partial charge in [0.15, 0.2) is 15.8 Å². The summed E-state index contributed by atoms with van der Waals surface area (Å²) in [5, 5.41) is 8.57. The van der Waals surface area contributed by atoms with Crippen LogP contribution in [0.25, 0.3) is 0 Å². The molecule has 0 aliphatic rings. The van der Waals surface area contributed by atoms with Crippen LogP contribution in [0.15, 0.2) is 44.0 Å². The number of guanidine groups is 1. The third-order valence-corrected chi connectivity index (χ3v) is 6.41. The maximum Gasteiger partial charge on any atom is 0.191 e. The number of halogens is 2. The maximum absolute atomic E-state index is 11.7. The molecule has 0 saturated carbocycles. The molecule has 1 aromatic carbocycles. The lowest BCUT2D eigenvalue weighted by Crippen LogP contribution is -2.36. The van der Waals surface area contributed by atoms with Gasteiger partial charge in [0.2, 0.25) is 0 Å². The molecule has 2 rings (SSSR count). The third-order valence-electron chi connectivity index (χ3n) is 3.45. The number of sulfone groups is 1. The van der Waals surface area contributed by atoms with E-state index in [-0.39, 0.29) is 24.0 Å².